The average Bonchev–Trinajstić information content (AvgIpc) is 2.15. The Balaban J connectivity index is 0.000000810. The summed E-state index contributed by atoms with van der Waals surface area (Å²) in [7, 11) is 0. The molecule has 1 rings (SSSR count). The number of hydrogen-bond donors (Lipinski definition) is 0. The third kappa shape index (κ3) is 3.56. The van der Waals surface area contributed by atoms with Crippen molar-refractivity contribution in [1.29, 1.82) is 0 Å². The van der Waals surface area contributed by atoms with Gasteiger partial charge in [0.1, 0.15) is 0 Å². The van der Waals surface area contributed by atoms with Gasteiger partial charge in [-0.1, -0.05) is 0 Å². The van der Waals surface area contributed by atoms with Crippen LogP contribution in [0.1, 0.15) is 19.3 Å². The standard InChI is InChI=1S/C6H10O3.Na/c7-6(8)4-5-2-1-3-9-5;/h5H,1-4H2,(H,7,8);/q;+1/p-1. The maximum Gasteiger partial charge on any atom is 1.00 e. The summed E-state index contributed by atoms with van der Waals surface area (Å²) in [4.78, 5) is 9.96. The summed E-state index contributed by atoms with van der Waals surface area (Å²) >= 11 is 0. The van der Waals surface area contributed by atoms with Crippen LogP contribution in [0.5, 0.6) is 0 Å². The molecule has 1 atom stereocenters. The normalized spacial score (nSPS) is 23.8. The maximum absolute atomic E-state index is 9.96. The van der Waals surface area contributed by atoms with Crippen molar-refractivity contribution in [3.63, 3.8) is 0 Å². The smallest absolute Gasteiger partial charge is 0.550 e. The Bertz CT molecular complexity index is 110. The predicted molar refractivity (Wildman–Crippen MR) is 28.6 cm³/mol. The first-order valence-electron chi connectivity index (χ1n) is 3.10. The SMILES string of the molecule is O=C([O-])CC1CCCO1.[Na+]. The van der Waals surface area contributed by atoms with Gasteiger partial charge in [0.15, 0.2) is 0 Å². The Kier molecular flexibility index (Phi) is 5.35. The fraction of sp³-hybridized carbons (Fsp3) is 0.833. The van der Waals surface area contributed by atoms with Gasteiger partial charge >= 0.3 is 29.6 Å². The minimum Gasteiger partial charge on any atom is -0.550 e. The van der Waals surface area contributed by atoms with Crippen LogP contribution in [0.25, 0.3) is 0 Å². The number of carbonyl (C=O) groups is 1. The summed E-state index contributed by atoms with van der Waals surface area (Å²) in [6.45, 7) is 0.706. The number of carbonyl (C=O) groups excluding carboxylic acids is 1. The van der Waals surface area contributed by atoms with Gasteiger partial charge in [-0.3, -0.25) is 0 Å². The van der Waals surface area contributed by atoms with Gasteiger partial charge in [-0.25, -0.2) is 0 Å². The van der Waals surface area contributed by atoms with Gasteiger partial charge in [-0.2, -0.15) is 0 Å². The Labute approximate surface area is 82.0 Å². The zero-order chi connectivity index (χ0) is 6.69. The molecule has 0 aromatic carbocycles. The predicted octanol–water partition coefficient (Wildman–Crippen LogP) is -3.69. The fourth-order valence-corrected chi connectivity index (χ4v) is 0.991. The van der Waals surface area contributed by atoms with Crippen molar-refractivity contribution in [3.05, 3.63) is 0 Å². The molecule has 0 amide bonds. The zero-order valence-electron chi connectivity index (χ0n) is 6.13. The molecular weight excluding hydrogens is 143 g/mol. The van der Waals surface area contributed by atoms with Crippen LogP contribution >= 0.6 is 0 Å². The van der Waals surface area contributed by atoms with Crippen molar-refractivity contribution < 1.29 is 44.2 Å². The number of carboxylic acids is 1. The Morgan fingerprint density at radius 1 is 1.70 bits per heavy atom. The minimum atomic E-state index is -1.01. The van der Waals surface area contributed by atoms with Crippen LogP contribution in [0.4, 0.5) is 0 Å². The molecule has 1 saturated heterocycles. The fourth-order valence-electron chi connectivity index (χ4n) is 0.991. The molecule has 52 valence electrons. The van der Waals surface area contributed by atoms with E-state index >= 15 is 0 Å². The van der Waals surface area contributed by atoms with E-state index in [1.165, 1.54) is 0 Å². The largest absolute Gasteiger partial charge is 1.00 e. The summed E-state index contributed by atoms with van der Waals surface area (Å²) in [5.41, 5.74) is 0. The van der Waals surface area contributed by atoms with Crippen molar-refractivity contribution in [2.45, 2.75) is 25.4 Å². The molecule has 1 aliphatic rings. The van der Waals surface area contributed by atoms with Crippen LogP contribution < -0.4 is 34.7 Å². The van der Waals surface area contributed by atoms with E-state index in [-0.39, 0.29) is 42.1 Å². The summed E-state index contributed by atoms with van der Waals surface area (Å²) in [6, 6.07) is 0. The molecule has 0 bridgehead atoms. The van der Waals surface area contributed by atoms with Crippen LogP contribution in [-0.2, 0) is 9.53 Å². The van der Waals surface area contributed by atoms with Crippen molar-refractivity contribution in [1.82, 2.24) is 0 Å². The van der Waals surface area contributed by atoms with Crippen LogP contribution in [-0.4, -0.2) is 18.7 Å². The number of aliphatic carboxylic acids is 1. The number of rotatable bonds is 2. The third-order valence-electron chi connectivity index (χ3n) is 1.42. The van der Waals surface area contributed by atoms with Gasteiger partial charge < -0.3 is 14.6 Å². The Hall–Kier alpha value is 0.430. The van der Waals surface area contributed by atoms with E-state index < -0.39 is 5.97 Å². The van der Waals surface area contributed by atoms with Gasteiger partial charge in [0.25, 0.3) is 0 Å². The summed E-state index contributed by atoms with van der Waals surface area (Å²) in [6.07, 6.45) is 1.83. The van der Waals surface area contributed by atoms with E-state index in [2.05, 4.69) is 0 Å². The summed E-state index contributed by atoms with van der Waals surface area (Å²) in [5.74, 6) is -1.01. The maximum atomic E-state index is 9.96. The van der Waals surface area contributed by atoms with E-state index in [1.807, 2.05) is 0 Å². The van der Waals surface area contributed by atoms with Gasteiger partial charge in [-0.05, 0) is 12.8 Å². The van der Waals surface area contributed by atoms with Crippen molar-refractivity contribution >= 4 is 5.97 Å². The summed E-state index contributed by atoms with van der Waals surface area (Å²) in [5, 5.41) is 9.96. The van der Waals surface area contributed by atoms with Gasteiger partial charge in [-0.15, -0.1) is 0 Å². The Morgan fingerprint density at radius 3 is 2.80 bits per heavy atom. The quantitative estimate of drug-likeness (QED) is 0.383. The van der Waals surface area contributed by atoms with Crippen LogP contribution in [0, 0.1) is 0 Å². The summed E-state index contributed by atoms with van der Waals surface area (Å²) < 4.78 is 5.04. The van der Waals surface area contributed by atoms with E-state index in [9.17, 15) is 9.90 Å². The molecule has 3 nitrogen and oxygen atoms in total. The molecule has 1 heterocycles. The molecule has 0 radical (unpaired) electrons. The molecule has 4 heteroatoms. The second kappa shape index (κ2) is 5.13. The molecule has 1 fully saturated rings. The van der Waals surface area contributed by atoms with E-state index in [4.69, 9.17) is 4.74 Å². The zero-order valence-corrected chi connectivity index (χ0v) is 8.13. The molecule has 1 aliphatic heterocycles. The van der Waals surface area contributed by atoms with Gasteiger partial charge in [0.2, 0.25) is 0 Å². The Morgan fingerprint density at radius 2 is 2.40 bits per heavy atom. The average molecular weight is 152 g/mol. The molecule has 0 aliphatic carbocycles. The molecular formula is C6H9NaO3. The van der Waals surface area contributed by atoms with Gasteiger partial charge in [0.05, 0.1) is 6.10 Å². The second-order valence-electron chi connectivity index (χ2n) is 2.21. The van der Waals surface area contributed by atoms with Gasteiger partial charge in [0, 0.05) is 19.0 Å². The van der Waals surface area contributed by atoms with E-state index in [1.54, 1.807) is 0 Å². The van der Waals surface area contributed by atoms with Crippen LogP contribution in [0.2, 0.25) is 0 Å². The van der Waals surface area contributed by atoms with E-state index in [0.717, 1.165) is 12.8 Å². The topological polar surface area (TPSA) is 49.4 Å². The van der Waals surface area contributed by atoms with Crippen LogP contribution in [0.3, 0.4) is 0 Å². The first-order valence-corrected chi connectivity index (χ1v) is 3.10. The number of ether oxygens (including phenoxy) is 1. The van der Waals surface area contributed by atoms with E-state index in [0.29, 0.717) is 6.61 Å². The van der Waals surface area contributed by atoms with Crippen molar-refractivity contribution in [2.75, 3.05) is 6.61 Å². The number of hydrogen-bond acceptors (Lipinski definition) is 3. The molecule has 0 saturated carbocycles. The molecule has 0 spiro atoms. The number of carboxylic acid groups (broad SMARTS) is 1. The first-order chi connectivity index (χ1) is 4.29. The second-order valence-corrected chi connectivity index (χ2v) is 2.21. The molecule has 0 aromatic rings. The molecule has 0 aromatic heterocycles. The minimum absolute atomic E-state index is 0. The molecule has 10 heavy (non-hydrogen) atoms. The third-order valence-corrected chi connectivity index (χ3v) is 1.42. The molecule has 1 unspecified atom stereocenters. The van der Waals surface area contributed by atoms with Crippen LogP contribution in [0.15, 0.2) is 0 Å². The van der Waals surface area contributed by atoms with Crippen molar-refractivity contribution in [2.24, 2.45) is 0 Å². The monoisotopic (exact) mass is 152 g/mol. The molecule has 0 N–H and O–H groups in total. The first kappa shape index (κ1) is 10.4. The van der Waals surface area contributed by atoms with Crippen molar-refractivity contribution in [3.8, 4) is 0 Å².